The Labute approximate surface area is 207 Å². The van der Waals surface area contributed by atoms with E-state index in [2.05, 4.69) is 16.0 Å². The first-order chi connectivity index (χ1) is 17.4. The highest BCUT2D eigenvalue weighted by molar-refractivity contribution is 6.06. The molecule has 2 N–H and O–H groups in total. The average molecular weight is 487 g/mol. The van der Waals surface area contributed by atoms with E-state index >= 15 is 0 Å². The Hall–Kier alpha value is -4.66. The molecule has 36 heavy (non-hydrogen) atoms. The molecule has 1 heterocycles. The van der Waals surface area contributed by atoms with Crippen LogP contribution in [0.2, 0.25) is 0 Å². The van der Waals surface area contributed by atoms with E-state index in [1.54, 1.807) is 50.2 Å². The van der Waals surface area contributed by atoms with Crippen molar-refractivity contribution in [2.45, 2.75) is 26.5 Å². The lowest BCUT2D eigenvalue weighted by Gasteiger charge is -2.14. The van der Waals surface area contributed by atoms with Gasteiger partial charge >= 0.3 is 0 Å². The number of rotatable bonds is 7. The van der Waals surface area contributed by atoms with Crippen molar-refractivity contribution in [1.82, 2.24) is 20.6 Å². The number of methoxy groups -OCH3 is 1. The summed E-state index contributed by atoms with van der Waals surface area (Å²) in [6, 6.07) is 20.9. The van der Waals surface area contributed by atoms with E-state index in [9.17, 15) is 14.4 Å². The Morgan fingerprint density at radius 2 is 1.56 bits per heavy atom. The number of ether oxygens (including phenoxy) is 2. The Balaban J connectivity index is 1.49. The lowest BCUT2D eigenvalue weighted by Crippen LogP contribution is -2.43. The average Bonchev–Trinajstić information content (AvgIpc) is 2.91. The van der Waals surface area contributed by atoms with E-state index in [1.807, 2.05) is 30.3 Å². The Bertz CT molecular complexity index is 1460. The summed E-state index contributed by atoms with van der Waals surface area (Å²) in [5.74, 6) is -0.350. The van der Waals surface area contributed by atoms with E-state index in [1.165, 1.54) is 17.9 Å². The van der Waals surface area contributed by atoms with Crippen molar-refractivity contribution >= 4 is 22.6 Å². The van der Waals surface area contributed by atoms with Crippen molar-refractivity contribution in [2.24, 2.45) is 0 Å². The number of hydrogen-bond donors (Lipinski definition) is 2. The molecular formula is C27H26N4O5. The lowest BCUT2D eigenvalue weighted by molar-refractivity contribution is 0.0843. The van der Waals surface area contributed by atoms with Crippen LogP contribution in [0.5, 0.6) is 11.5 Å². The maximum Gasteiger partial charge on any atom is 0.290 e. The highest BCUT2D eigenvalue weighted by atomic mass is 16.5. The minimum atomic E-state index is -0.649. The van der Waals surface area contributed by atoms with Gasteiger partial charge in [0.2, 0.25) is 0 Å². The molecule has 0 unspecified atom stereocenters. The molecule has 0 spiro atoms. The van der Waals surface area contributed by atoms with Gasteiger partial charge in [-0.2, -0.15) is 5.10 Å². The van der Waals surface area contributed by atoms with Gasteiger partial charge in [0.15, 0.2) is 17.2 Å². The second-order valence-corrected chi connectivity index (χ2v) is 8.29. The fraction of sp³-hybridized carbons (Fsp3) is 0.185. The van der Waals surface area contributed by atoms with Crippen LogP contribution in [0.4, 0.5) is 0 Å². The van der Waals surface area contributed by atoms with Gasteiger partial charge in [0.05, 0.1) is 18.5 Å². The minimum absolute atomic E-state index is 0.0291. The number of carbonyl (C=O) groups is 2. The molecule has 4 rings (SSSR count). The van der Waals surface area contributed by atoms with E-state index in [0.717, 1.165) is 5.56 Å². The van der Waals surface area contributed by atoms with Crippen molar-refractivity contribution in [2.75, 3.05) is 7.11 Å². The third-order valence-corrected chi connectivity index (χ3v) is 5.49. The van der Waals surface area contributed by atoms with Crippen LogP contribution in [0, 0.1) is 0 Å². The number of carbonyl (C=O) groups excluding carboxylic acids is 2. The standard InChI is InChI=1S/C27H26N4O5/c1-17(2)31-27(34)21-12-8-7-11-20(21)24(30-31)26(33)29-28-25(32)19-13-14-22(23(15-19)35-3)36-16-18-9-5-4-6-10-18/h4-15,17H,16H2,1-3H3,(H,28,32)(H,29,33). The van der Waals surface area contributed by atoms with E-state index in [-0.39, 0.29) is 22.9 Å². The number of hydrogen-bond acceptors (Lipinski definition) is 6. The number of benzene rings is 3. The first kappa shape index (κ1) is 24.5. The maximum absolute atomic E-state index is 12.9. The van der Waals surface area contributed by atoms with Gasteiger partial charge in [0.25, 0.3) is 17.4 Å². The lowest BCUT2D eigenvalue weighted by atomic mass is 10.1. The second kappa shape index (κ2) is 10.7. The molecule has 0 atom stereocenters. The Morgan fingerprint density at radius 1 is 0.889 bits per heavy atom. The topological polar surface area (TPSA) is 112 Å². The third-order valence-electron chi connectivity index (χ3n) is 5.49. The fourth-order valence-corrected chi connectivity index (χ4v) is 3.63. The summed E-state index contributed by atoms with van der Waals surface area (Å²) in [5, 5.41) is 5.00. The number of fused-ring (bicyclic) bond motifs is 1. The fourth-order valence-electron chi connectivity index (χ4n) is 3.63. The van der Waals surface area contributed by atoms with Crippen LogP contribution in [-0.4, -0.2) is 28.7 Å². The van der Waals surface area contributed by atoms with Gasteiger partial charge in [-0.3, -0.25) is 25.2 Å². The highest BCUT2D eigenvalue weighted by Gasteiger charge is 2.19. The SMILES string of the molecule is COc1cc(C(=O)NNC(=O)c2nn(C(C)C)c(=O)c3ccccc23)ccc1OCc1ccccc1. The van der Waals surface area contributed by atoms with Gasteiger partial charge in [-0.05, 0) is 43.7 Å². The van der Waals surface area contributed by atoms with E-state index in [4.69, 9.17) is 9.47 Å². The van der Waals surface area contributed by atoms with Crippen LogP contribution < -0.4 is 25.9 Å². The van der Waals surface area contributed by atoms with Gasteiger partial charge in [-0.25, -0.2) is 4.68 Å². The molecule has 9 heteroatoms. The number of nitrogens with one attached hydrogen (secondary N) is 2. The van der Waals surface area contributed by atoms with Gasteiger partial charge in [0.1, 0.15) is 6.61 Å². The summed E-state index contributed by atoms with van der Waals surface area (Å²) in [4.78, 5) is 38.4. The number of hydrazine groups is 1. The summed E-state index contributed by atoms with van der Waals surface area (Å²) in [6.07, 6.45) is 0. The van der Waals surface area contributed by atoms with E-state index < -0.39 is 11.8 Å². The minimum Gasteiger partial charge on any atom is -0.493 e. The van der Waals surface area contributed by atoms with Crippen LogP contribution in [0.1, 0.15) is 46.3 Å². The summed E-state index contributed by atoms with van der Waals surface area (Å²) in [7, 11) is 1.48. The molecule has 184 valence electrons. The monoisotopic (exact) mass is 486 g/mol. The molecule has 1 aromatic heterocycles. The molecule has 9 nitrogen and oxygen atoms in total. The predicted molar refractivity (Wildman–Crippen MR) is 135 cm³/mol. The molecule has 0 saturated heterocycles. The molecule has 3 aromatic carbocycles. The van der Waals surface area contributed by atoms with Crippen LogP contribution in [-0.2, 0) is 6.61 Å². The van der Waals surface area contributed by atoms with Crippen molar-refractivity contribution < 1.29 is 19.1 Å². The number of nitrogens with zero attached hydrogens (tertiary/aromatic N) is 2. The van der Waals surface area contributed by atoms with Crippen LogP contribution in [0.3, 0.4) is 0 Å². The van der Waals surface area contributed by atoms with Crippen LogP contribution >= 0.6 is 0 Å². The van der Waals surface area contributed by atoms with Gasteiger partial charge < -0.3 is 9.47 Å². The zero-order valence-corrected chi connectivity index (χ0v) is 20.1. The highest BCUT2D eigenvalue weighted by Crippen LogP contribution is 2.29. The van der Waals surface area contributed by atoms with E-state index in [0.29, 0.717) is 28.9 Å². The predicted octanol–water partition coefficient (Wildman–Crippen LogP) is 3.64. The molecule has 0 saturated carbocycles. The third kappa shape index (κ3) is 5.20. The van der Waals surface area contributed by atoms with Crippen molar-refractivity contribution in [3.63, 3.8) is 0 Å². The molecule has 4 aromatic rings. The van der Waals surface area contributed by atoms with Gasteiger partial charge in [-0.1, -0.05) is 48.5 Å². The summed E-state index contributed by atoms with van der Waals surface area (Å²) >= 11 is 0. The van der Waals surface area contributed by atoms with Crippen molar-refractivity contribution in [3.8, 4) is 11.5 Å². The van der Waals surface area contributed by atoms with Crippen LogP contribution in [0.25, 0.3) is 10.8 Å². The van der Waals surface area contributed by atoms with Crippen molar-refractivity contribution in [1.29, 1.82) is 0 Å². The molecule has 0 fully saturated rings. The summed E-state index contributed by atoms with van der Waals surface area (Å²) in [6.45, 7) is 3.94. The molecule has 0 bridgehead atoms. The van der Waals surface area contributed by atoms with Crippen molar-refractivity contribution in [3.05, 3.63) is 100.0 Å². The normalized spacial score (nSPS) is 10.8. The molecule has 0 radical (unpaired) electrons. The van der Waals surface area contributed by atoms with Gasteiger partial charge in [0, 0.05) is 10.9 Å². The maximum atomic E-state index is 12.9. The van der Waals surface area contributed by atoms with Gasteiger partial charge in [-0.15, -0.1) is 0 Å². The quantitative estimate of drug-likeness (QED) is 0.386. The molecular weight excluding hydrogens is 460 g/mol. The largest absolute Gasteiger partial charge is 0.493 e. The molecule has 0 aliphatic heterocycles. The summed E-state index contributed by atoms with van der Waals surface area (Å²) < 4.78 is 12.5. The number of aromatic nitrogens is 2. The molecule has 0 aliphatic rings. The first-order valence-electron chi connectivity index (χ1n) is 11.4. The second-order valence-electron chi connectivity index (χ2n) is 8.29. The van der Waals surface area contributed by atoms with Crippen LogP contribution in [0.15, 0.2) is 77.6 Å². The number of amides is 2. The summed E-state index contributed by atoms with van der Waals surface area (Å²) in [5.41, 5.74) is 5.77. The molecule has 0 aliphatic carbocycles. The Morgan fingerprint density at radius 3 is 2.25 bits per heavy atom. The zero-order valence-electron chi connectivity index (χ0n) is 20.1. The zero-order chi connectivity index (χ0) is 25.7. The first-order valence-corrected chi connectivity index (χ1v) is 11.4. The molecule has 2 amide bonds. The smallest absolute Gasteiger partial charge is 0.290 e. The Kier molecular flexibility index (Phi) is 7.29.